The summed E-state index contributed by atoms with van der Waals surface area (Å²) < 4.78 is 13.2. The van der Waals surface area contributed by atoms with E-state index >= 15 is 0 Å². The number of piperidine rings is 1. The van der Waals surface area contributed by atoms with Gasteiger partial charge in [-0.1, -0.05) is 0 Å². The van der Waals surface area contributed by atoms with Crippen molar-refractivity contribution in [1.82, 2.24) is 4.98 Å². The molecule has 1 saturated heterocycles. The van der Waals surface area contributed by atoms with Crippen molar-refractivity contribution < 1.29 is 4.39 Å². The van der Waals surface area contributed by atoms with E-state index in [0.29, 0.717) is 18.7 Å². The molecule has 1 unspecified atom stereocenters. The highest BCUT2D eigenvalue weighted by Crippen LogP contribution is 2.21. The van der Waals surface area contributed by atoms with Crippen LogP contribution in [0.25, 0.3) is 0 Å². The molecule has 1 aliphatic rings. The van der Waals surface area contributed by atoms with Crippen molar-refractivity contribution >= 4 is 5.69 Å². The van der Waals surface area contributed by atoms with Crippen LogP contribution >= 0.6 is 0 Å². The summed E-state index contributed by atoms with van der Waals surface area (Å²) in [4.78, 5) is 5.86. The lowest BCUT2D eigenvalue weighted by Gasteiger charge is -2.30. The summed E-state index contributed by atoms with van der Waals surface area (Å²) in [6.07, 6.45) is 2.35. The van der Waals surface area contributed by atoms with Crippen LogP contribution in [0, 0.1) is 11.3 Å². The molecular formula is C11H12FN3. The van der Waals surface area contributed by atoms with E-state index in [1.54, 1.807) is 12.3 Å². The SMILES string of the molecule is N#Cc1cc(N2CCCC(F)C2)ccn1. The lowest BCUT2D eigenvalue weighted by molar-refractivity contribution is 0.287. The van der Waals surface area contributed by atoms with Gasteiger partial charge in [0.1, 0.15) is 17.9 Å². The summed E-state index contributed by atoms with van der Waals surface area (Å²) in [5.41, 5.74) is 1.28. The number of nitrogens with zero attached hydrogens (tertiary/aromatic N) is 3. The minimum absolute atomic E-state index is 0.383. The number of hydrogen-bond acceptors (Lipinski definition) is 3. The van der Waals surface area contributed by atoms with Gasteiger partial charge in [0.2, 0.25) is 0 Å². The molecule has 1 aliphatic heterocycles. The van der Waals surface area contributed by atoms with Crippen molar-refractivity contribution in [2.45, 2.75) is 19.0 Å². The molecule has 0 aliphatic carbocycles. The summed E-state index contributed by atoms with van der Waals surface area (Å²) in [5.74, 6) is 0. The topological polar surface area (TPSA) is 39.9 Å². The Kier molecular flexibility index (Phi) is 2.82. The molecule has 0 aromatic carbocycles. The molecule has 0 radical (unpaired) electrons. The van der Waals surface area contributed by atoms with Crippen LogP contribution in [0.5, 0.6) is 0 Å². The van der Waals surface area contributed by atoms with Crippen LogP contribution in [0.2, 0.25) is 0 Å². The van der Waals surface area contributed by atoms with Gasteiger partial charge in [-0.2, -0.15) is 5.26 Å². The van der Waals surface area contributed by atoms with Gasteiger partial charge in [-0.25, -0.2) is 9.37 Å². The molecule has 0 N–H and O–H groups in total. The smallest absolute Gasteiger partial charge is 0.142 e. The number of rotatable bonds is 1. The van der Waals surface area contributed by atoms with Crippen molar-refractivity contribution in [3.63, 3.8) is 0 Å². The largest absolute Gasteiger partial charge is 0.368 e. The molecular weight excluding hydrogens is 193 g/mol. The van der Waals surface area contributed by atoms with Crippen LogP contribution in [-0.4, -0.2) is 24.2 Å². The van der Waals surface area contributed by atoms with Gasteiger partial charge in [0.25, 0.3) is 0 Å². The summed E-state index contributed by atoms with van der Waals surface area (Å²) in [7, 11) is 0. The molecule has 0 spiro atoms. The number of anilines is 1. The van der Waals surface area contributed by atoms with Gasteiger partial charge in [-0.05, 0) is 25.0 Å². The fourth-order valence-electron chi connectivity index (χ4n) is 1.84. The number of nitriles is 1. The average molecular weight is 205 g/mol. The van der Waals surface area contributed by atoms with Gasteiger partial charge in [-0.15, -0.1) is 0 Å². The first-order chi connectivity index (χ1) is 7.29. The predicted molar refractivity (Wildman–Crippen MR) is 55.3 cm³/mol. The zero-order valence-corrected chi connectivity index (χ0v) is 8.36. The third-order valence-corrected chi connectivity index (χ3v) is 2.59. The summed E-state index contributed by atoms with van der Waals surface area (Å²) in [5, 5.41) is 8.71. The van der Waals surface area contributed by atoms with E-state index in [-0.39, 0.29) is 0 Å². The fraction of sp³-hybridized carbons (Fsp3) is 0.455. The van der Waals surface area contributed by atoms with Crippen molar-refractivity contribution in [2.75, 3.05) is 18.0 Å². The second-order valence-corrected chi connectivity index (χ2v) is 3.70. The highest BCUT2D eigenvalue weighted by atomic mass is 19.1. The highest BCUT2D eigenvalue weighted by molar-refractivity contribution is 5.49. The molecule has 1 fully saturated rings. The third-order valence-electron chi connectivity index (χ3n) is 2.59. The first kappa shape index (κ1) is 9.91. The third kappa shape index (κ3) is 2.24. The van der Waals surface area contributed by atoms with Gasteiger partial charge in [0.05, 0.1) is 0 Å². The van der Waals surface area contributed by atoms with E-state index in [4.69, 9.17) is 5.26 Å². The normalized spacial score (nSPS) is 21.1. The second kappa shape index (κ2) is 4.26. The minimum Gasteiger partial charge on any atom is -0.368 e. The monoisotopic (exact) mass is 205 g/mol. The number of alkyl halides is 1. The van der Waals surface area contributed by atoms with Gasteiger partial charge in [0, 0.05) is 25.0 Å². The molecule has 0 amide bonds. The maximum absolute atomic E-state index is 13.2. The van der Waals surface area contributed by atoms with Crippen molar-refractivity contribution in [3.05, 3.63) is 24.0 Å². The van der Waals surface area contributed by atoms with Crippen molar-refractivity contribution in [1.29, 1.82) is 5.26 Å². The van der Waals surface area contributed by atoms with Crippen LogP contribution in [0.4, 0.5) is 10.1 Å². The van der Waals surface area contributed by atoms with Gasteiger partial charge >= 0.3 is 0 Å². The first-order valence-corrected chi connectivity index (χ1v) is 5.05. The Morgan fingerprint density at radius 1 is 1.60 bits per heavy atom. The lowest BCUT2D eigenvalue weighted by Crippen LogP contribution is -2.36. The molecule has 1 aromatic rings. The van der Waals surface area contributed by atoms with E-state index in [2.05, 4.69) is 4.98 Å². The number of aromatic nitrogens is 1. The fourth-order valence-corrected chi connectivity index (χ4v) is 1.84. The quantitative estimate of drug-likeness (QED) is 0.702. The standard InChI is InChI=1S/C11H12FN3/c12-9-2-1-5-15(8-9)11-3-4-14-10(6-11)7-13/h3-4,6,9H,1-2,5,8H2. The Balaban J connectivity index is 2.18. The minimum atomic E-state index is -0.752. The van der Waals surface area contributed by atoms with E-state index in [1.165, 1.54) is 0 Å². The van der Waals surface area contributed by atoms with Crippen LogP contribution in [0.15, 0.2) is 18.3 Å². The summed E-state index contributed by atoms with van der Waals surface area (Å²) in [6.45, 7) is 1.28. The van der Waals surface area contributed by atoms with Crippen LogP contribution < -0.4 is 4.90 Å². The van der Waals surface area contributed by atoms with Gasteiger partial charge < -0.3 is 4.90 Å². The van der Waals surface area contributed by atoms with Crippen LogP contribution in [0.1, 0.15) is 18.5 Å². The summed E-state index contributed by atoms with van der Waals surface area (Å²) >= 11 is 0. The molecule has 3 nitrogen and oxygen atoms in total. The Morgan fingerprint density at radius 2 is 2.47 bits per heavy atom. The molecule has 15 heavy (non-hydrogen) atoms. The van der Waals surface area contributed by atoms with Gasteiger partial charge in [0.15, 0.2) is 0 Å². The average Bonchev–Trinajstić information content (AvgIpc) is 2.29. The predicted octanol–water partition coefficient (Wildman–Crippen LogP) is 1.89. The molecule has 1 aromatic heterocycles. The maximum atomic E-state index is 13.2. The number of pyridine rings is 1. The van der Waals surface area contributed by atoms with E-state index in [9.17, 15) is 4.39 Å². The second-order valence-electron chi connectivity index (χ2n) is 3.70. The number of hydrogen-bond donors (Lipinski definition) is 0. The highest BCUT2D eigenvalue weighted by Gasteiger charge is 2.19. The molecule has 2 heterocycles. The van der Waals surface area contributed by atoms with Crippen LogP contribution in [0.3, 0.4) is 0 Å². The summed E-state index contributed by atoms with van der Waals surface area (Å²) in [6, 6.07) is 5.51. The Labute approximate surface area is 88.2 Å². The van der Waals surface area contributed by atoms with E-state index < -0.39 is 6.17 Å². The Morgan fingerprint density at radius 3 is 3.20 bits per heavy atom. The molecule has 0 saturated carbocycles. The first-order valence-electron chi connectivity index (χ1n) is 5.05. The molecule has 2 rings (SSSR count). The molecule has 1 atom stereocenters. The van der Waals surface area contributed by atoms with E-state index in [0.717, 1.165) is 18.7 Å². The number of halogens is 1. The molecule has 4 heteroatoms. The molecule has 78 valence electrons. The maximum Gasteiger partial charge on any atom is 0.142 e. The zero-order valence-electron chi connectivity index (χ0n) is 8.36. The van der Waals surface area contributed by atoms with Crippen LogP contribution in [-0.2, 0) is 0 Å². The zero-order chi connectivity index (χ0) is 10.7. The Hall–Kier alpha value is -1.63. The molecule has 0 bridgehead atoms. The Bertz CT molecular complexity index is 386. The van der Waals surface area contributed by atoms with Crippen molar-refractivity contribution in [2.24, 2.45) is 0 Å². The van der Waals surface area contributed by atoms with Crippen molar-refractivity contribution in [3.8, 4) is 6.07 Å². The van der Waals surface area contributed by atoms with E-state index in [1.807, 2.05) is 17.0 Å². The van der Waals surface area contributed by atoms with Gasteiger partial charge in [-0.3, -0.25) is 0 Å². The lowest BCUT2D eigenvalue weighted by atomic mass is 10.1.